The summed E-state index contributed by atoms with van der Waals surface area (Å²) in [5.41, 5.74) is 1.21. The number of nitrogens with zero attached hydrogens (tertiary/aromatic N) is 2. The highest BCUT2D eigenvalue weighted by Gasteiger charge is 2.42. The molecule has 0 aliphatic carbocycles. The van der Waals surface area contributed by atoms with Crippen molar-refractivity contribution in [1.82, 2.24) is 9.80 Å². The number of fused-ring (bicyclic) bond motifs is 2. The average molecular weight is 394 g/mol. The molecule has 1 aromatic heterocycles. The fourth-order valence-corrected chi connectivity index (χ4v) is 3.98. The zero-order valence-corrected chi connectivity index (χ0v) is 16.5. The molecular weight excluding hydrogens is 371 g/mol. The van der Waals surface area contributed by atoms with Crippen LogP contribution in [0.2, 0.25) is 0 Å². The van der Waals surface area contributed by atoms with Gasteiger partial charge in [-0.2, -0.15) is 0 Å². The van der Waals surface area contributed by atoms with E-state index in [0.29, 0.717) is 35.2 Å². The molecule has 0 N–H and O–H groups in total. The third-order valence-corrected chi connectivity index (χ3v) is 5.61. The summed E-state index contributed by atoms with van der Waals surface area (Å²) in [5, 5.41) is 0.441. The predicted molar refractivity (Wildman–Crippen MR) is 110 cm³/mol. The van der Waals surface area contributed by atoms with Gasteiger partial charge in [0.05, 0.1) is 17.0 Å². The summed E-state index contributed by atoms with van der Waals surface area (Å²) in [6.45, 7) is 7.00. The molecule has 1 amide bonds. The summed E-state index contributed by atoms with van der Waals surface area (Å²) in [5.74, 6) is -0.578. The van der Waals surface area contributed by atoms with Crippen LogP contribution in [0, 0.1) is 5.82 Å². The first-order valence-corrected chi connectivity index (χ1v) is 9.89. The van der Waals surface area contributed by atoms with Crippen molar-refractivity contribution in [2.75, 3.05) is 26.2 Å². The highest BCUT2D eigenvalue weighted by molar-refractivity contribution is 5.99. The number of halogens is 1. The summed E-state index contributed by atoms with van der Waals surface area (Å²) in [6.07, 6.45) is 0. The van der Waals surface area contributed by atoms with E-state index in [2.05, 4.69) is 18.7 Å². The Bertz CT molecular complexity index is 1100. The molecule has 0 radical (unpaired) electrons. The van der Waals surface area contributed by atoms with Gasteiger partial charge in [-0.15, -0.1) is 0 Å². The maximum atomic E-state index is 13.5. The van der Waals surface area contributed by atoms with Crippen LogP contribution in [0.3, 0.4) is 0 Å². The Kier molecular flexibility index (Phi) is 5.20. The predicted octanol–water partition coefficient (Wildman–Crippen LogP) is 3.82. The molecular formula is C23H23FN2O3. The Morgan fingerprint density at radius 3 is 2.41 bits per heavy atom. The highest BCUT2D eigenvalue weighted by atomic mass is 19.1. The van der Waals surface area contributed by atoms with Gasteiger partial charge in [0.25, 0.3) is 5.91 Å². The van der Waals surface area contributed by atoms with Crippen LogP contribution in [0.1, 0.15) is 41.6 Å². The van der Waals surface area contributed by atoms with Gasteiger partial charge >= 0.3 is 0 Å². The van der Waals surface area contributed by atoms with E-state index < -0.39 is 6.04 Å². The van der Waals surface area contributed by atoms with E-state index in [1.165, 1.54) is 12.1 Å². The molecule has 0 spiro atoms. The zero-order valence-electron chi connectivity index (χ0n) is 16.5. The summed E-state index contributed by atoms with van der Waals surface area (Å²) in [4.78, 5) is 30.4. The fourth-order valence-electron chi connectivity index (χ4n) is 3.98. The molecule has 1 aliphatic rings. The molecule has 1 atom stereocenters. The van der Waals surface area contributed by atoms with E-state index in [1.54, 1.807) is 41.3 Å². The van der Waals surface area contributed by atoms with E-state index in [4.69, 9.17) is 4.42 Å². The summed E-state index contributed by atoms with van der Waals surface area (Å²) in [7, 11) is 0. The van der Waals surface area contributed by atoms with Crippen LogP contribution in [-0.4, -0.2) is 41.9 Å². The first-order valence-electron chi connectivity index (χ1n) is 9.89. The maximum absolute atomic E-state index is 13.5. The third-order valence-electron chi connectivity index (χ3n) is 5.61. The minimum Gasteiger partial charge on any atom is -0.450 e. The monoisotopic (exact) mass is 394 g/mol. The number of benzene rings is 2. The largest absolute Gasteiger partial charge is 0.450 e. The molecule has 2 aromatic carbocycles. The van der Waals surface area contributed by atoms with Crippen molar-refractivity contribution in [3.05, 3.63) is 81.5 Å². The molecule has 5 nitrogen and oxygen atoms in total. The Morgan fingerprint density at radius 2 is 1.72 bits per heavy atom. The standard InChI is InChI=1S/C23H23FN2O3/c1-3-25(4-2)13-14-26-20(15-9-11-16(24)12-10-15)19-21(27)17-7-5-6-8-18(17)29-22(19)23(26)28/h5-12,20H,3-4,13-14H2,1-2H3/t20-/m0/s1. The minimum absolute atomic E-state index is 0.0857. The van der Waals surface area contributed by atoms with Crippen molar-refractivity contribution in [3.8, 4) is 0 Å². The highest BCUT2D eigenvalue weighted by Crippen LogP contribution is 2.37. The second-order valence-electron chi connectivity index (χ2n) is 7.15. The molecule has 2 heterocycles. The van der Waals surface area contributed by atoms with Crippen molar-refractivity contribution in [2.45, 2.75) is 19.9 Å². The van der Waals surface area contributed by atoms with Gasteiger partial charge in [-0.05, 0) is 42.9 Å². The van der Waals surface area contributed by atoms with Crippen LogP contribution in [0.4, 0.5) is 4.39 Å². The lowest BCUT2D eigenvalue weighted by atomic mass is 9.98. The number of amides is 1. The molecule has 0 unspecified atom stereocenters. The van der Waals surface area contributed by atoms with Gasteiger partial charge in [0.2, 0.25) is 5.76 Å². The van der Waals surface area contributed by atoms with Crippen LogP contribution in [0.15, 0.2) is 57.7 Å². The van der Waals surface area contributed by atoms with Crippen molar-refractivity contribution >= 4 is 16.9 Å². The molecule has 6 heteroatoms. The van der Waals surface area contributed by atoms with E-state index in [9.17, 15) is 14.0 Å². The molecule has 4 rings (SSSR count). The molecule has 0 saturated carbocycles. The van der Waals surface area contributed by atoms with Crippen LogP contribution < -0.4 is 5.43 Å². The molecule has 1 aliphatic heterocycles. The van der Waals surface area contributed by atoms with Gasteiger partial charge in [-0.1, -0.05) is 38.1 Å². The molecule has 29 heavy (non-hydrogen) atoms. The smallest absolute Gasteiger partial charge is 0.290 e. The second-order valence-corrected chi connectivity index (χ2v) is 7.15. The number of rotatable bonds is 6. The minimum atomic E-state index is -0.588. The number of hydrogen-bond acceptors (Lipinski definition) is 4. The van der Waals surface area contributed by atoms with E-state index in [-0.39, 0.29) is 22.9 Å². The van der Waals surface area contributed by atoms with E-state index in [0.717, 1.165) is 13.1 Å². The first-order chi connectivity index (χ1) is 14.0. The lowest BCUT2D eigenvalue weighted by molar-refractivity contribution is 0.0708. The Morgan fingerprint density at radius 1 is 1.03 bits per heavy atom. The van der Waals surface area contributed by atoms with E-state index >= 15 is 0 Å². The van der Waals surface area contributed by atoms with Gasteiger partial charge in [0.15, 0.2) is 5.43 Å². The second kappa shape index (κ2) is 7.79. The van der Waals surface area contributed by atoms with Gasteiger partial charge in [-0.25, -0.2) is 4.39 Å². The average Bonchev–Trinajstić information content (AvgIpc) is 3.02. The number of carbonyl (C=O) groups is 1. The van der Waals surface area contributed by atoms with Crippen molar-refractivity contribution in [3.63, 3.8) is 0 Å². The number of likely N-dealkylation sites (N-methyl/N-ethyl adjacent to an activating group) is 1. The molecule has 0 saturated heterocycles. The summed E-state index contributed by atoms with van der Waals surface area (Å²) >= 11 is 0. The van der Waals surface area contributed by atoms with Gasteiger partial charge in [0.1, 0.15) is 11.4 Å². The SMILES string of the molecule is CCN(CC)CCN1C(=O)c2oc3ccccc3c(=O)c2[C@@H]1c1ccc(F)cc1. The lowest BCUT2D eigenvalue weighted by Gasteiger charge is -2.28. The number of hydrogen-bond donors (Lipinski definition) is 0. The molecule has 0 bridgehead atoms. The Hall–Kier alpha value is -2.99. The summed E-state index contributed by atoms with van der Waals surface area (Å²) in [6, 6.07) is 12.3. The third kappa shape index (κ3) is 3.34. The fraction of sp³-hybridized carbons (Fsp3) is 0.304. The van der Waals surface area contributed by atoms with Gasteiger partial charge in [0, 0.05) is 13.1 Å². The van der Waals surface area contributed by atoms with Crippen LogP contribution in [-0.2, 0) is 0 Å². The van der Waals surface area contributed by atoms with Crippen LogP contribution in [0.25, 0.3) is 11.0 Å². The van der Waals surface area contributed by atoms with Crippen molar-refractivity contribution < 1.29 is 13.6 Å². The van der Waals surface area contributed by atoms with Crippen LogP contribution in [0.5, 0.6) is 0 Å². The van der Waals surface area contributed by atoms with Crippen LogP contribution >= 0.6 is 0 Å². The zero-order chi connectivity index (χ0) is 20.5. The van der Waals surface area contributed by atoms with Gasteiger partial charge in [-0.3, -0.25) is 9.59 Å². The Labute approximate surface area is 168 Å². The molecule has 0 fully saturated rings. The lowest BCUT2D eigenvalue weighted by Crippen LogP contribution is -2.37. The van der Waals surface area contributed by atoms with Crippen molar-refractivity contribution in [1.29, 1.82) is 0 Å². The maximum Gasteiger partial charge on any atom is 0.290 e. The molecule has 3 aromatic rings. The number of para-hydroxylation sites is 1. The Balaban J connectivity index is 1.85. The first kappa shape index (κ1) is 19.3. The van der Waals surface area contributed by atoms with Crippen molar-refractivity contribution in [2.24, 2.45) is 0 Å². The quantitative estimate of drug-likeness (QED) is 0.638. The van der Waals surface area contributed by atoms with E-state index in [1.807, 2.05) is 0 Å². The normalized spacial score (nSPS) is 16.1. The topological polar surface area (TPSA) is 53.8 Å². The number of carbonyl (C=O) groups excluding carboxylic acids is 1. The van der Waals surface area contributed by atoms with Gasteiger partial charge < -0.3 is 14.2 Å². The molecule has 150 valence electrons. The summed E-state index contributed by atoms with van der Waals surface area (Å²) < 4.78 is 19.4.